The van der Waals surface area contributed by atoms with Crippen LogP contribution >= 0.6 is 0 Å². The van der Waals surface area contributed by atoms with Gasteiger partial charge in [-0.25, -0.2) is 4.98 Å². The molecule has 4 rings (SSSR count). The Morgan fingerprint density at radius 1 is 0.900 bits per heavy atom. The summed E-state index contributed by atoms with van der Waals surface area (Å²) in [6.07, 6.45) is 0. The number of anilines is 1. The van der Waals surface area contributed by atoms with E-state index < -0.39 is 0 Å². The molecule has 0 fully saturated rings. The van der Waals surface area contributed by atoms with Crippen LogP contribution in [0.2, 0.25) is 0 Å². The summed E-state index contributed by atoms with van der Waals surface area (Å²) in [5, 5.41) is 2.97. The predicted molar refractivity (Wildman–Crippen MR) is 124 cm³/mol. The van der Waals surface area contributed by atoms with Gasteiger partial charge >= 0.3 is 0 Å². The first-order valence-electron chi connectivity index (χ1n) is 10.2. The van der Waals surface area contributed by atoms with Crippen LogP contribution < -0.4 is 5.32 Å². The standard InChI is InChI=1S/C26H27N3O/c1-16-14-22-23(15-17(16)2)29-24(28-22)18-8-12-21(13-9-18)27-25(30)19-6-10-20(11-7-19)26(3,4)5/h6-15H,1-5H3,(H,27,30)(H,28,29). The Labute approximate surface area is 177 Å². The molecule has 0 atom stereocenters. The SMILES string of the molecule is Cc1cc2nc(-c3ccc(NC(=O)c4ccc(C(C)(C)C)cc4)cc3)[nH]c2cc1C. The fourth-order valence-corrected chi connectivity index (χ4v) is 3.44. The molecule has 0 spiro atoms. The normalized spacial score (nSPS) is 11.6. The molecule has 4 heteroatoms. The van der Waals surface area contributed by atoms with E-state index in [4.69, 9.17) is 4.98 Å². The van der Waals surface area contributed by atoms with Crippen LogP contribution in [0, 0.1) is 13.8 Å². The number of aromatic nitrogens is 2. The van der Waals surface area contributed by atoms with Gasteiger partial charge in [0.15, 0.2) is 0 Å². The third-order valence-corrected chi connectivity index (χ3v) is 5.53. The number of benzene rings is 3. The van der Waals surface area contributed by atoms with E-state index in [1.165, 1.54) is 16.7 Å². The molecule has 4 nitrogen and oxygen atoms in total. The second-order valence-corrected chi connectivity index (χ2v) is 8.90. The first-order chi connectivity index (χ1) is 14.2. The lowest BCUT2D eigenvalue weighted by atomic mass is 9.87. The van der Waals surface area contributed by atoms with E-state index in [0.717, 1.165) is 28.1 Å². The van der Waals surface area contributed by atoms with Crippen molar-refractivity contribution in [1.82, 2.24) is 9.97 Å². The largest absolute Gasteiger partial charge is 0.338 e. The molecule has 2 N–H and O–H groups in total. The number of H-pyrrole nitrogens is 1. The highest BCUT2D eigenvalue weighted by Crippen LogP contribution is 2.25. The number of aromatic amines is 1. The van der Waals surface area contributed by atoms with Crippen LogP contribution in [0.1, 0.15) is 47.8 Å². The second-order valence-electron chi connectivity index (χ2n) is 8.90. The van der Waals surface area contributed by atoms with Crippen LogP contribution in [0.5, 0.6) is 0 Å². The van der Waals surface area contributed by atoms with Crippen LogP contribution in [0.15, 0.2) is 60.7 Å². The molecule has 3 aromatic carbocycles. The molecule has 1 aromatic heterocycles. The van der Waals surface area contributed by atoms with Crippen molar-refractivity contribution in [1.29, 1.82) is 0 Å². The van der Waals surface area contributed by atoms with Crippen LogP contribution in [-0.2, 0) is 5.41 Å². The number of hydrogen-bond acceptors (Lipinski definition) is 2. The number of rotatable bonds is 3. The Kier molecular flexibility index (Phi) is 4.94. The lowest BCUT2D eigenvalue weighted by Gasteiger charge is -2.19. The fraction of sp³-hybridized carbons (Fsp3) is 0.231. The van der Waals surface area contributed by atoms with E-state index in [9.17, 15) is 4.79 Å². The van der Waals surface area contributed by atoms with Crippen molar-refractivity contribution in [3.8, 4) is 11.4 Å². The number of nitrogens with zero attached hydrogens (tertiary/aromatic N) is 1. The summed E-state index contributed by atoms with van der Waals surface area (Å²) >= 11 is 0. The third-order valence-electron chi connectivity index (χ3n) is 5.53. The molecule has 0 aliphatic rings. The van der Waals surface area contributed by atoms with Gasteiger partial charge in [0.05, 0.1) is 11.0 Å². The summed E-state index contributed by atoms with van der Waals surface area (Å²) in [6.45, 7) is 10.7. The molecular weight excluding hydrogens is 370 g/mol. The van der Waals surface area contributed by atoms with E-state index in [1.807, 2.05) is 48.5 Å². The van der Waals surface area contributed by atoms with E-state index in [0.29, 0.717) is 5.56 Å². The number of carbonyl (C=O) groups excluding carboxylic acids is 1. The Hall–Kier alpha value is -3.40. The molecule has 0 unspecified atom stereocenters. The van der Waals surface area contributed by atoms with Gasteiger partial charge in [-0.15, -0.1) is 0 Å². The molecule has 0 saturated heterocycles. The topological polar surface area (TPSA) is 57.8 Å². The van der Waals surface area contributed by atoms with Gasteiger partial charge in [0.1, 0.15) is 5.82 Å². The zero-order valence-corrected chi connectivity index (χ0v) is 18.1. The molecule has 0 aliphatic carbocycles. The monoisotopic (exact) mass is 397 g/mol. The summed E-state index contributed by atoms with van der Waals surface area (Å²) in [6, 6.07) is 19.8. The molecule has 1 amide bonds. The van der Waals surface area contributed by atoms with Gasteiger partial charge in [-0.1, -0.05) is 32.9 Å². The minimum absolute atomic E-state index is 0.0683. The second kappa shape index (κ2) is 7.45. The number of aryl methyl sites for hydroxylation is 2. The summed E-state index contributed by atoms with van der Waals surface area (Å²) < 4.78 is 0. The van der Waals surface area contributed by atoms with Gasteiger partial charge in [-0.2, -0.15) is 0 Å². The molecule has 30 heavy (non-hydrogen) atoms. The number of fused-ring (bicyclic) bond motifs is 1. The van der Waals surface area contributed by atoms with Gasteiger partial charge in [0.25, 0.3) is 5.91 Å². The highest BCUT2D eigenvalue weighted by atomic mass is 16.1. The summed E-state index contributed by atoms with van der Waals surface area (Å²) in [4.78, 5) is 20.7. The van der Waals surface area contributed by atoms with Crippen molar-refractivity contribution in [2.45, 2.75) is 40.0 Å². The molecule has 0 radical (unpaired) electrons. The first kappa shape index (κ1) is 19.9. The minimum atomic E-state index is -0.113. The maximum Gasteiger partial charge on any atom is 0.255 e. The molecule has 0 saturated carbocycles. The Bertz CT molecular complexity index is 1170. The highest BCUT2D eigenvalue weighted by Gasteiger charge is 2.14. The van der Waals surface area contributed by atoms with Crippen molar-refractivity contribution in [3.63, 3.8) is 0 Å². The van der Waals surface area contributed by atoms with E-state index in [1.54, 1.807) is 0 Å². The van der Waals surface area contributed by atoms with Gasteiger partial charge in [0, 0.05) is 16.8 Å². The summed E-state index contributed by atoms with van der Waals surface area (Å²) in [5.74, 6) is 0.712. The zero-order chi connectivity index (χ0) is 21.5. The van der Waals surface area contributed by atoms with Gasteiger partial charge in [0.2, 0.25) is 0 Å². The molecule has 152 valence electrons. The molecule has 0 aliphatic heterocycles. The third kappa shape index (κ3) is 3.99. The predicted octanol–water partition coefficient (Wildman–Crippen LogP) is 6.40. The Morgan fingerprint density at radius 3 is 2.17 bits per heavy atom. The van der Waals surface area contributed by atoms with Crippen molar-refractivity contribution in [2.75, 3.05) is 5.32 Å². The van der Waals surface area contributed by atoms with Crippen LogP contribution in [-0.4, -0.2) is 15.9 Å². The zero-order valence-electron chi connectivity index (χ0n) is 18.1. The average molecular weight is 398 g/mol. The van der Waals surface area contributed by atoms with Crippen LogP contribution in [0.3, 0.4) is 0 Å². The number of nitrogens with one attached hydrogen (secondary N) is 2. The van der Waals surface area contributed by atoms with Crippen LogP contribution in [0.25, 0.3) is 22.4 Å². The smallest absolute Gasteiger partial charge is 0.255 e. The summed E-state index contributed by atoms with van der Waals surface area (Å²) in [5.41, 5.74) is 8.13. The van der Waals surface area contributed by atoms with Crippen molar-refractivity contribution >= 4 is 22.6 Å². The van der Waals surface area contributed by atoms with Gasteiger partial charge in [-0.05, 0) is 84.5 Å². The average Bonchev–Trinajstić information content (AvgIpc) is 3.11. The number of amides is 1. The van der Waals surface area contributed by atoms with E-state index in [2.05, 4.69) is 57.1 Å². The lowest BCUT2D eigenvalue weighted by Crippen LogP contribution is -2.14. The van der Waals surface area contributed by atoms with Gasteiger partial charge < -0.3 is 10.3 Å². The molecular formula is C26H27N3O. The number of imidazole rings is 1. The van der Waals surface area contributed by atoms with E-state index in [-0.39, 0.29) is 11.3 Å². The highest BCUT2D eigenvalue weighted by molar-refractivity contribution is 6.04. The number of carbonyl (C=O) groups is 1. The maximum absolute atomic E-state index is 12.6. The van der Waals surface area contributed by atoms with Crippen molar-refractivity contribution in [2.24, 2.45) is 0 Å². The lowest BCUT2D eigenvalue weighted by molar-refractivity contribution is 0.102. The molecule has 0 bridgehead atoms. The summed E-state index contributed by atoms with van der Waals surface area (Å²) in [7, 11) is 0. The van der Waals surface area contributed by atoms with Crippen LogP contribution in [0.4, 0.5) is 5.69 Å². The van der Waals surface area contributed by atoms with Crippen molar-refractivity contribution < 1.29 is 4.79 Å². The minimum Gasteiger partial charge on any atom is -0.338 e. The molecule has 1 heterocycles. The Balaban J connectivity index is 1.50. The van der Waals surface area contributed by atoms with Crippen molar-refractivity contribution in [3.05, 3.63) is 82.9 Å². The molecule has 4 aromatic rings. The Morgan fingerprint density at radius 2 is 1.53 bits per heavy atom. The first-order valence-corrected chi connectivity index (χ1v) is 10.2. The maximum atomic E-state index is 12.6. The van der Waals surface area contributed by atoms with Gasteiger partial charge in [-0.3, -0.25) is 4.79 Å². The number of hydrogen-bond donors (Lipinski definition) is 2. The van der Waals surface area contributed by atoms with E-state index >= 15 is 0 Å². The fourth-order valence-electron chi connectivity index (χ4n) is 3.44. The quantitative estimate of drug-likeness (QED) is 0.420.